The number of aliphatic imine (C=N–C) groups is 1. The minimum Gasteiger partial charge on any atom is -0.293 e. The van der Waals surface area contributed by atoms with Gasteiger partial charge in [0.2, 0.25) is 0 Å². The number of fused-ring (bicyclic) bond motifs is 1. The molecular formula is C20H35N. The third kappa shape index (κ3) is 3.43. The molecule has 2 aliphatic rings. The van der Waals surface area contributed by atoms with E-state index >= 15 is 0 Å². The molecule has 2 rings (SSSR count). The van der Waals surface area contributed by atoms with Gasteiger partial charge in [0, 0.05) is 17.7 Å². The van der Waals surface area contributed by atoms with Crippen LogP contribution in [0.15, 0.2) is 16.6 Å². The van der Waals surface area contributed by atoms with Crippen molar-refractivity contribution in [1.29, 1.82) is 0 Å². The van der Waals surface area contributed by atoms with Crippen molar-refractivity contribution in [2.45, 2.75) is 73.6 Å². The van der Waals surface area contributed by atoms with Gasteiger partial charge in [-0.3, -0.25) is 4.99 Å². The molecule has 3 unspecified atom stereocenters. The zero-order valence-electron chi connectivity index (χ0n) is 15.1. The lowest BCUT2D eigenvalue weighted by molar-refractivity contribution is 0.123. The van der Waals surface area contributed by atoms with Gasteiger partial charge >= 0.3 is 0 Å². The largest absolute Gasteiger partial charge is 0.293 e. The summed E-state index contributed by atoms with van der Waals surface area (Å²) in [7, 11) is 0. The van der Waals surface area contributed by atoms with Crippen LogP contribution in [0.25, 0.3) is 0 Å². The summed E-state index contributed by atoms with van der Waals surface area (Å²) in [6.07, 6.45) is 9.03. The van der Waals surface area contributed by atoms with E-state index in [0.717, 1.165) is 24.3 Å². The zero-order valence-corrected chi connectivity index (χ0v) is 15.1. The molecule has 0 spiro atoms. The molecule has 1 heteroatoms. The molecule has 0 saturated heterocycles. The number of rotatable bonds is 4. The van der Waals surface area contributed by atoms with Crippen LogP contribution in [0.5, 0.6) is 0 Å². The Morgan fingerprint density at radius 3 is 2.71 bits per heavy atom. The zero-order chi connectivity index (χ0) is 15.6. The smallest absolute Gasteiger partial charge is 0.0392 e. The Hall–Kier alpha value is -0.590. The van der Waals surface area contributed by atoms with E-state index in [1.807, 2.05) is 0 Å². The standard InChI is InChI=1S/C20H35N/c1-14(2)8-7-9-16(4)18-11-13-21-19-17(5)15(3)10-12-20(18,19)6/h8,15-18H,7,9-13H2,1-6H3/t15?,16?,17?,18-,20+/m0/s1. The van der Waals surface area contributed by atoms with E-state index in [0.29, 0.717) is 11.3 Å². The Kier molecular flexibility index (Phi) is 5.33. The maximum Gasteiger partial charge on any atom is 0.0392 e. The van der Waals surface area contributed by atoms with Crippen LogP contribution < -0.4 is 0 Å². The van der Waals surface area contributed by atoms with Gasteiger partial charge in [0.1, 0.15) is 0 Å². The normalized spacial score (nSPS) is 37.4. The minimum absolute atomic E-state index is 0.383. The predicted molar refractivity (Wildman–Crippen MR) is 93.9 cm³/mol. The monoisotopic (exact) mass is 289 g/mol. The Morgan fingerprint density at radius 1 is 1.33 bits per heavy atom. The first-order valence-corrected chi connectivity index (χ1v) is 9.04. The molecule has 5 atom stereocenters. The molecule has 1 nitrogen and oxygen atoms in total. The van der Waals surface area contributed by atoms with E-state index in [1.165, 1.54) is 37.7 Å². The van der Waals surface area contributed by atoms with Crippen molar-refractivity contribution in [1.82, 2.24) is 0 Å². The number of hydrogen-bond acceptors (Lipinski definition) is 1. The highest BCUT2D eigenvalue weighted by Gasteiger charge is 2.47. The molecule has 0 amide bonds. The summed E-state index contributed by atoms with van der Waals surface area (Å²) in [5, 5.41) is 0. The van der Waals surface area contributed by atoms with Crippen molar-refractivity contribution in [2.75, 3.05) is 6.54 Å². The third-order valence-electron chi connectivity index (χ3n) is 6.39. The van der Waals surface area contributed by atoms with Crippen molar-refractivity contribution in [3.05, 3.63) is 11.6 Å². The van der Waals surface area contributed by atoms with E-state index in [-0.39, 0.29) is 0 Å². The molecule has 0 aromatic rings. The highest BCUT2D eigenvalue weighted by atomic mass is 14.8. The highest BCUT2D eigenvalue weighted by molar-refractivity contribution is 5.93. The topological polar surface area (TPSA) is 12.4 Å². The van der Waals surface area contributed by atoms with E-state index in [2.05, 4.69) is 47.6 Å². The lowest BCUT2D eigenvalue weighted by atomic mass is 9.55. The first kappa shape index (κ1) is 16.8. The van der Waals surface area contributed by atoms with Gasteiger partial charge in [0.15, 0.2) is 0 Å². The molecule has 1 aliphatic carbocycles. The predicted octanol–water partition coefficient (Wildman–Crippen LogP) is 5.90. The summed E-state index contributed by atoms with van der Waals surface area (Å²) in [6.45, 7) is 15.3. The Balaban J connectivity index is 2.11. The van der Waals surface area contributed by atoms with Crippen molar-refractivity contribution in [3.8, 4) is 0 Å². The van der Waals surface area contributed by atoms with Crippen LogP contribution in [0.4, 0.5) is 0 Å². The van der Waals surface area contributed by atoms with Crippen molar-refractivity contribution >= 4 is 5.71 Å². The summed E-state index contributed by atoms with van der Waals surface area (Å²) in [5.41, 5.74) is 3.40. The Labute approximate surface area is 132 Å². The maximum absolute atomic E-state index is 5.00. The summed E-state index contributed by atoms with van der Waals surface area (Å²) in [4.78, 5) is 5.00. The quantitative estimate of drug-likeness (QED) is 0.571. The van der Waals surface area contributed by atoms with Crippen LogP contribution in [-0.4, -0.2) is 12.3 Å². The van der Waals surface area contributed by atoms with Gasteiger partial charge in [-0.1, -0.05) is 39.3 Å². The second-order valence-electron chi connectivity index (χ2n) is 8.22. The van der Waals surface area contributed by atoms with Gasteiger partial charge in [-0.15, -0.1) is 0 Å². The van der Waals surface area contributed by atoms with Gasteiger partial charge in [-0.2, -0.15) is 0 Å². The molecule has 1 saturated carbocycles. The molecule has 0 N–H and O–H groups in total. The highest BCUT2D eigenvalue weighted by Crippen LogP contribution is 2.51. The van der Waals surface area contributed by atoms with Gasteiger partial charge < -0.3 is 0 Å². The Bertz CT molecular complexity index is 416. The SMILES string of the molecule is CC(C)=CCCC(C)[C@@H]1CCN=C2C(C)C(C)CC[C@@]21C. The van der Waals surface area contributed by atoms with E-state index in [9.17, 15) is 0 Å². The lowest BCUT2D eigenvalue weighted by Crippen LogP contribution is -2.49. The van der Waals surface area contributed by atoms with E-state index in [1.54, 1.807) is 5.71 Å². The minimum atomic E-state index is 0.383. The van der Waals surface area contributed by atoms with Crippen LogP contribution in [0.2, 0.25) is 0 Å². The third-order valence-corrected chi connectivity index (χ3v) is 6.39. The first-order valence-electron chi connectivity index (χ1n) is 9.04. The average molecular weight is 290 g/mol. The molecule has 21 heavy (non-hydrogen) atoms. The molecular weight excluding hydrogens is 254 g/mol. The van der Waals surface area contributed by atoms with Crippen LogP contribution >= 0.6 is 0 Å². The fraction of sp³-hybridized carbons (Fsp3) is 0.850. The van der Waals surface area contributed by atoms with Crippen LogP contribution in [0, 0.1) is 29.1 Å². The molecule has 1 heterocycles. The molecule has 0 aromatic heterocycles. The average Bonchev–Trinajstić information content (AvgIpc) is 2.42. The van der Waals surface area contributed by atoms with Crippen LogP contribution in [0.3, 0.4) is 0 Å². The summed E-state index contributed by atoms with van der Waals surface area (Å²) in [6, 6.07) is 0. The fourth-order valence-electron chi connectivity index (χ4n) is 4.79. The maximum atomic E-state index is 5.00. The lowest BCUT2D eigenvalue weighted by Gasteiger charge is -2.51. The molecule has 0 aromatic carbocycles. The number of allylic oxidation sites excluding steroid dienone is 2. The summed E-state index contributed by atoms with van der Waals surface area (Å²) >= 11 is 0. The second kappa shape index (κ2) is 6.67. The summed E-state index contributed by atoms with van der Waals surface area (Å²) < 4.78 is 0. The molecule has 0 radical (unpaired) electrons. The van der Waals surface area contributed by atoms with Crippen LogP contribution in [-0.2, 0) is 0 Å². The van der Waals surface area contributed by atoms with Crippen molar-refractivity contribution in [3.63, 3.8) is 0 Å². The first-order chi connectivity index (χ1) is 9.86. The van der Waals surface area contributed by atoms with Crippen LogP contribution in [0.1, 0.15) is 73.6 Å². The number of hydrogen-bond donors (Lipinski definition) is 0. The molecule has 1 aliphatic heterocycles. The Morgan fingerprint density at radius 2 is 2.05 bits per heavy atom. The summed E-state index contributed by atoms with van der Waals surface area (Å²) in [5.74, 6) is 3.16. The van der Waals surface area contributed by atoms with Gasteiger partial charge in [-0.05, 0) is 69.6 Å². The van der Waals surface area contributed by atoms with Crippen molar-refractivity contribution < 1.29 is 0 Å². The fourth-order valence-corrected chi connectivity index (χ4v) is 4.79. The second-order valence-corrected chi connectivity index (χ2v) is 8.22. The van der Waals surface area contributed by atoms with Gasteiger partial charge in [-0.25, -0.2) is 0 Å². The van der Waals surface area contributed by atoms with E-state index in [4.69, 9.17) is 4.99 Å². The molecule has 0 bridgehead atoms. The van der Waals surface area contributed by atoms with E-state index < -0.39 is 0 Å². The molecule has 120 valence electrons. The van der Waals surface area contributed by atoms with Gasteiger partial charge in [0.25, 0.3) is 0 Å². The van der Waals surface area contributed by atoms with Gasteiger partial charge in [0.05, 0.1) is 0 Å². The molecule has 1 fully saturated rings. The van der Waals surface area contributed by atoms with Crippen molar-refractivity contribution in [2.24, 2.45) is 34.1 Å². The number of nitrogens with zero attached hydrogens (tertiary/aromatic N) is 1.